The van der Waals surface area contributed by atoms with Gasteiger partial charge in [0.25, 0.3) is 11.7 Å². The third kappa shape index (κ3) is 5.34. The number of amides is 1. The van der Waals surface area contributed by atoms with E-state index in [1.807, 2.05) is 19.0 Å². The number of unbranched alkanes of at least 4 members (excludes halogenated alkanes) is 1. The van der Waals surface area contributed by atoms with Gasteiger partial charge in [0, 0.05) is 18.7 Å². The second-order valence-corrected chi connectivity index (χ2v) is 8.45. The Balaban J connectivity index is 2.05. The number of ketones is 1. The molecule has 1 saturated heterocycles. The Labute approximate surface area is 200 Å². The number of rotatable bonds is 10. The Morgan fingerprint density at radius 2 is 1.82 bits per heavy atom. The number of aliphatic hydroxyl groups is 1. The predicted octanol–water partition coefficient (Wildman–Crippen LogP) is 3.56. The van der Waals surface area contributed by atoms with E-state index in [0.29, 0.717) is 30.0 Å². The highest BCUT2D eigenvalue weighted by molar-refractivity contribution is 6.46. The van der Waals surface area contributed by atoms with Crippen LogP contribution in [0.5, 0.6) is 17.2 Å². The smallest absolute Gasteiger partial charge is 0.295 e. The number of carbonyl (C=O) groups is 2. The lowest BCUT2D eigenvalue weighted by Crippen LogP contribution is -2.35. The summed E-state index contributed by atoms with van der Waals surface area (Å²) in [6.07, 6.45) is 1.96. The Kier molecular flexibility index (Phi) is 8.17. The summed E-state index contributed by atoms with van der Waals surface area (Å²) < 4.78 is 10.9. The van der Waals surface area contributed by atoms with Crippen LogP contribution in [0.1, 0.15) is 36.9 Å². The molecule has 2 aromatic carbocycles. The molecule has 34 heavy (non-hydrogen) atoms. The maximum absolute atomic E-state index is 13.1. The van der Waals surface area contributed by atoms with Gasteiger partial charge in [0.1, 0.15) is 11.5 Å². The standard InChI is InChI=1S/C26H32N2O6/c1-5-6-15-34-19-10-7-17(8-11-19)24(30)22-23(18-9-12-20(29)21(16-18)33-4)28(14-13-27(2)3)26(32)25(22)31/h7-12,16,23,29-30H,5-6,13-15H2,1-4H3/b24-22+/t23-/m0/s1. The zero-order valence-corrected chi connectivity index (χ0v) is 20.1. The fourth-order valence-corrected chi connectivity index (χ4v) is 3.83. The Hall–Kier alpha value is -3.52. The van der Waals surface area contributed by atoms with Crippen molar-refractivity contribution >= 4 is 17.4 Å². The molecular weight excluding hydrogens is 436 g/mol. The first kappa shape index (κ1) is 25.1. The lowest BCUT2D eigenvalue weighted by atomic mass is 9.95. The molecule has 0 aliphatic carbocycles. The second-order valence-electron chi connectivity index (χ2n) is 8.45. The summed E-state index contributed by atoms with van der Waals surface area (Å²) >= 11 is 0. The van der Waals surface area contributed by atoms with Gasteiger partial charge < -0.3 is 29.5 Å². The van der Waals surface area contributed by atoms with Gasteiger partial charge in [-0.25, -0.2) is 0 Å². The van der Waals surface area contributed by atoms with Gasteiger partial charge in [-0.1, -0.05) is 19.4 Å². The number of likely N-dealkylation sites (tertiary alicyclic amines) is 1. The first-order valence-corrected chi connectivity index (χ1v) is 11.3. The average Bonchev–Trinajstić information content (AvgIpc) is 3.08. The number of aromatic hydroxyl groups is 1. The molecule has 182 valence electrons. The third-order valence-corrected chi connectivity index (χ3v) is 5.74. The number of ether oxygens (including phenoxy) is 2. The van der Waals surface area contributed by atoms with Gasteiger partial charge in [-0.15, -0.1) is 0 Å². The molecule has 0 saturated carbocycles. The summed E-state index contributed by atoms with van der Waals surface area (Å²) in [5.41, 5.74) is 0.953. The van der Waals surface area contributed by atoms with Gasteiger partial charge in [-0.05, 0) is 62.5 Å². The van der Waals surface area contributed by atoms with Crippen molar-refractivity contribution in [2.75, 3.05) is 40.9 Å². The van der Waals surface area contributed by atoms with E-state index in [9.17, 15) is 19.8 Å². The van der Waals surface area contributed by atoms with E-state index in [1.165, 1.54) is 18.1 Å². The molecule has 1 heterocycles. The summed E-state index contributed by atoms with van der Waals surface area (Å²) in [7, 11) is 5.17. The second kappa shape index (κ2) is 11.1. The first-order valence-electron chi connectivity index (χ1n) is 11.3. The van der Waals surface area contributed by atoms with Gasteiger partial charge in [-0.3, -0.25) is 9.59 Å². The number of methoxy groups -OCH3 is 1. The van der Waals surface area contributed by atoms with Gasteiger partial charge >= 0.3 is 0 Å². The molecule has 8 nitrogen and oxygen atoms in total. The minimum atomic E-state index is -0.824. The largest absolute Gasteiger partial charge is 0.507 e. The van der Waals surface area contributed by atoms with Crippen molar-refractivity contribution in [1.29, 1.82) is 0 Å². The molecule has 8 heteroatoms. The molecular formula is C26H32N2O6. The van der Waals surface area contributed by atoms with Crippen LogP contribution in [0.4, 0.5) is 0 Å². The van der Waals surface area contributed by atoms with E-state index in [4.69, 9.17) is 9.47 Å². The van der Waals surface area contributed by atoms with Crippen LogP contribution in [0.2, 0.25) is 0 Å². The quantitative estimate of drug-likeness (QED) is 0.238. The summed E-state index contributed by atoms with van der Waals surface area (Å²) in [6, 6.07) is 10.6. The number of phenols is 1. The summed E-state index contributed by atoms with van der Waals surface area (Å²) in [6.45, 7) is 3.50. The maximum Gasteiger partial charge on any atom is 0.295 e. The van der Waals surface area contributed by atoms with Crippen LogP contribution in [-0.2, 0) is 9.59 Å². The highest BCUT2D eigenvalue weighted by atomic mass is 16.5. The van der Waals surface area contributed by atoms with Crippen LogP contribution in [0.3, 0.4) is 0 Å². The van der Waals surface area contributed by atoms with E-state index in [1.54, 1.807) is 36.4 Å². The summed E-state index contributed by atoms with van der Waals surface area (Å²) in [5.74, 6) is -0.880. The van der Waals surface area contributed by atoms with Crippen molar-refractivity contribution in [2.45, 2.75) is 25.8 Å². The van der Waals surface area contributed by atoms with E-state index < -0.39 is 17.7 Å². The molecule has 1 amide bonds. The lowest BCUT2D eigenvalue weighted by molar-refractivity contribution is -0.140. The number of hydrogen-bond acceptors (Lipinski definition) is 7. The Morgan fingerprint density at radius 3 is 2.44 bits per heavy atom. The Morgan fingerprint density at radius 1 is 1.12 bits per heavy atom. The molecule has 2 aromatic rings. The van der Waals surface area contributed by atoms with E-state index in [0.717, 1.165) is 12.8 Å². The van der Waals surface area contributed by atoms with Gasteiger partial charge in [0.15, 0.2) is 11.5 Å². The molecule has 1 aliphatic heterocycles. The van der Waals surface area contributed by atoms with E-state index >= 15 is 0 Å². The summed E-state index contributed by atoms with van der Waals surface area (Å²) in [5, 5.41) is 21.2. The fourth-order valence-electron chi connectivity index (χ4n) is 3.83. The SMILES string of the molecule is CCCCOc1ccc(/C(O)=C2\C(=O)C(=O)N(CCN(C)C)[C@H]2c2ccc(O)c(OC)c2)cc1. The zero-order chi connectivity index (χ0) is 24.8. The van der Waals surface area contributed by atoms with Crippen LogP contribution in [0, 0.1) is 0 Å². The maximum atomic E-state index is 13.1. The molecule has 1 aliphatic rings. The van der Waals surface area contributed by atoms with Crippen LogP contribution < -0.4 is 9.47 Å². The molecule has 3 rings (SSSR count). The predicted molar refractivity (Wildman–Crippen MR) is 129 cm³/mol. The first-order chi connectivity index (χ1) is 16.3. The number of nitrogens with zero attached hydrogens (tertiary/aromatic N) is 2. The minimum absolute atomic E-state index is 0.00356. The summed E-state index contributed by atoms with van der Waals surface area (Å²) in [4.78, 5) is 29.4. The molecule has 0 spiro atoms. The van der Waals surface area contributed by atoms with Gasteiger partial charge in [0.05, 0.1) is 25.3 Å². The number of Topliss-reactive ketones (excluding diaryl/α,β-unsaturated/α-hetero) is 1. The van der Waals surface area contributed by atoms with E-state index in [2.05, 4.69) is 6.92 Å². The van der Waals surface area contributed by atoms with Crippen LogP contribution in [0.15, 0.2) is 48.0 Å². The molecule has 1 atom stereocenters. The molecule has 0 bridgehead atoms. The normalized spacial score (nSPS) is 17.4. The third-order valence-electron chi connectivity index (χ3n) is 5.74. The average molecular weight is 469 g/mol. The van der Waals surface area contributed by atoms with Crippen molar-refractivity contribution in [3.63, 3.8) is 0 Å². The van der Waals surface area contributed by atoms with Crippen molar-refractivity contribution in [1.82, 2.24) is 9.80 Å². The van der Waals surface area contributed by atoms with Gasteiger partial charge in [0.2, 0.25) is 0 Å². The molecule has 2 N–H and O–H groups in total. The number of likely N-dealkylation sites (N-methyl/N-ethyl adjacent to an activating group) is 1. The number of phenolic OH excluding ortho intramolecular Hbond substituents is 1. The highest BCUT2D eigenvalue weighted by Crippen LogP contribution is 2.41. The van der Waals surface area contributed by atoms with Crippen molar-refractivity contribution in [3.8, 4) is 17.2 Å². The number of benzene rings is 2. The fraction of sp³-hybridized carbons (Fsp3) is 0.385. The van der Waals surface area contributed by atoms with Crippen LogP contribution in [0.25, 0.3) is 5.76 Å². The van der Waals surface area contributed by atoms with Crippen molar-refractivity contribution in [3.05, 3.63) is 59.2 Å². The monoisotopic (exact) mass is 468 g/mol. The number of hydrogen-bond donors (Lipinski definition) is 2. The zero-order valence-electron chi connectivity index (χ0n) is 20.1. The Bertz CT molecular complexity index is 1060. The van der Waals surface area contributed by atoms with Gasteiger partial charge in [-0.2, -0.15) is 0 Å². The molecule has 0 radical (unpaired) electrons. The number of aliphatic hydroxyl groups excluding tert-OH is 1. The lowest BCUT2D eigenvalue weighted by Gasteiger charge is -2.27. The topological polar surface area (TPSA) is 99.5 Å². The molecule has 0 aromatic heterocycles. The van der Waals surface area contributed by atoms with Crippen molar-refractivity contribution in [2.24, 2.45) is 0 Å². The number of carbonyl (C=O) groups excluding carboxylic acids is 2. The minimum Gasteiger partial charge on any atom is -0.507 e. The molecule has 1 fully saturated rings. The molecule has 0 unspecified atom stereocenters. The van der Waals surface area contributed by atoms with E-state index in [-0.39, 0.29) is 29.4 Å². The highest BCUT2D eigenvalue weighted by Gasteiger charge is 2.46. The van der Waals surface area contributed by atoms with Crippen molar-refractivity contribution < 1.29 is 29.3 Å². The van der Waals surface area contributed by atoms with Crippen LogP contribution in [-0.4, -0.2) is 72.6 Å². The van der Waals surface area contributed by atoms with Crippen LogP contribution >= 0.6 is 0 Å².